The maximum absolute atomic E-state index is 12.9. The summed E-state index contributed by atoms with van der Waals surface area (Å²) in [6.45, 7) is 5.97. The third-order valence-corrected chi connectivity index (χ3v) is 3.94. The lowest BCUT2D eigenvalue weighted by Crippen LogP contribution is -2.06. The van der Waals surface area contributed by atoms with Crippen LogP contribution in [0.3, 0.4) is 0 Å². The maximum Gasteiger partial charge on any atom is 0.416 e. The molecule has 0 fully saturated rings. The number of hydrogen-bond acceptors (Lipinski definition) is 5. The van der Waals surface area contributed by atoms with E-state index in [2.05, 4.69) is 37.3 Å². The summed E-state index contributed by atoms with van der Waals surface area (Å²) in [7, 11) is 0. The van der Waals surface area contributed by atoms with Gasteiger partial charge in [0, 0.05) is 5.56 Å². The van der Waals surface area contributed by atoms with Crippen LogP contribution < -0.4 is 5.32 Å². The molecule has 0 aliphatic rings. The Bertz CT molecular complexity index is 1010. The van der Waals surface area contributed by atoms with E-state index in [1.807, 2.05) is 19.1 Å². The van der Waals surface area contributed by atoms with E-state index in [4.69, 9.17) is 0 Å². The second kappa shape index (κ2) is 8.03. The topological polar surface area (TPSA) is 79.4 Å². The van der Waals surface area contributed by atoms with Crippen LogP contribution in [0.15, 0.2) is 55.3 Å². The molecule has 0 radical (unpaired) electrons. The molecule has 3 rings (SSSR count). The summed E-state index contributed by atoms with van der Waals surface area (Å²) in [5, 5.41) is 17.8. The number of rotatable bonds is 6. The standard InChI is InChI=1S/C19H17F3N6/c1-3-12(4-2)16-9-15(26-27-16)10-23-18-25-17(11-24-28-18)13-6-5-7-14(8-13)19(20,21)22/h3-9,11H,1,10H2,2H3,(H,26,27)(H,23,25,28). The Morgan fingerprint density at radius 2 is 2.11 bits per heavy atom. The number of nitrogens with zero attached hydrogens (tertiary/aromatic N) is 4. The summed E-state index contributed by atoms with van der Waals surface area (Å²) in [6, 6.07) is 6.77. The van der Waals surface area contributed by atoms with E-state index >= 15 is 0 Å². The minimum Gasteiger partial charge on any atom is -0.347 e. The molecule has 6 nitrogen and oxygen atoms in total. The number of anilines is 1. The van der Waals surface area contributed by atoms with Crippen molar-refractivity contribution < 1.29 is 13.2 Å². The Hall–Kier alpha value is -3.49. The number of alkyl halides is 3. The van der Waals surface area contributed by atoms with Gasteiger partial charge in [-0.2, -0.15) is 23.4 Å². The molecule has 3 aromatic rings. The molecule has 2 aromatic heterocycles. The van der Waals surface area contributed by atoms with E-state index in [-0.39, 0.29) is 11.6 Å². The van der Waals surface area contributed by atoms with Crippen molar-refractivity contribution in [2.24, 2.45) is 0 Å². The van der Waals surface area contributed by atoms with Gasteiger partial charge in [-0.05, 0) is 30.7 Å². The molecule has 2 heterocycles. The van der Waals surface area contributed by atoms with Crippen LogP contribution in [-0.2, 0) is 12.7 Å². The molecule has 0 amide bonds. The predicted octanol–water partition coefficient (Wildman–Crippen LogP) is 4.48. The van der Waals surface area contributed by atoms with Crippen molar-refractivity contribution in [3.05, 3.63) is 72.2 Å². The lowest BCUT2D eigenvalue weighted by molar-refractivity contribution is -0.137. The van der Waals surface area contributed by atoms with Gasteiger partial charge in [0.1, 0.15) is 0 Å². The van der Waals surface area contributed by atoms with Crippen molar-refractivity contribution in [2.45, 2.75) is 19.6 Å². The van der Waals surface area contributed by atoms with Crippen LogP contribution >= 0.6 is 0 Å². The molecule has 144 valence electrons. The van der Waals surface area contributed by atoms with Crippen LogP contribution in [0.1, 0.15) is 23.9 Å². The minimum absolute atomic E-state index is 0.195. The number of aromatic amines is 1. The molecular weight excluding hydrogens is 369 g/mol. The van der Waals surface area contributed by atoms with Crippen molar-refractivity contribution in [1.29, 1.82) is 0 Å². The SMILES string of the molecule is C=CC(=CC)c1cc(CNc2nncc(-c3cccc(C(F)(F)F)c3)n2)[nH]n1. The lowest BCUT2D eigenvalue weighted by Gasteiger charge is -2.09. The summed E-state index contributed by atoms with van der Waals surface area (Å²) in [5.41, 5.74) is 2.28. The highest BCUT2D eigenvalue weighted by Crippen LogP contribution is 2.31. The van der Waals surface area contributed by atoms with Crippen molar-refractivity contribution in [1.82, 2.24) is 25.4 Å². The van der Waals surface area contributed by atoms with Gasteiger partial charge >= 0.3 is 6.18 Å². The zero-order chi connectivity index (χ0) is 20.1. The van der Waals surface area contributed by atoms with E-state index in [0.717, 1.165) is 29.1 Å². The molecule has 0 aliphatic heterocycles. The van der Waals surface area contributed by atoms with E-state index in [1.165, 1.54) is 18.3 Å². The van der Waals surface area contributed by atoms with E-state index < -0.39 is 11.7 Å². The molecular formula is C19H17F3N6. The van der Waals surface area contributed by atoms with E-state index in [0.29, 0.717) is 12.1 Å². The smallest absolute Gasteiger partial charge is 0.347 e. The molecule has 0 atom stereocenters. The van der Waals surface area contributed by atoms with Gasteiger partial charge in [-0.3, -0.25) is 5.10 Å². The number of aromatic nitrogens is 5. The van der Waals surface area contributed by atoms with Gasteiger partial charge in [0.2, 0.25) is 5.95 Å². The molecule has 0 saturated carbocycles. The summed E-state index contributed by atoms with van der Waals surface area (Å²) in [4.78, 5) is 4.24. The first-order valence-corrected chi connectivity index (χ1v) is 8.35. The number of halogens is 3. The van der Waals surface area contributed by atoms with Gasteiger partial charge in [-0.25, -0.2) is 4.98 Å². The van der Waals surface area contributed by atoms with Crippen LogP contribution in [0, 0.1) is 0 Å². The quantitative estimate of drug-likeness (QED) is 0.611. The number of allylic oxidation sites excluding steroid dienone is 3. The van der Waals surface area contributed by atoms with Crippen LogP contribution in [0.4, 0.5) is 19.1 Å². The number of nitrogens with one attached hydrogen (secondary N) is 2. The monoisotopic (exact) mass is 386 g/mol. The average molecular weight is 386 g/mol. The Morgan fingerprint density at radius 1 is 1.29 bits per heavy atom. The lowest BCUT2D eigenvalue weighted by atomic mass is 10.1. The summed E-state index contributed by atoms with van der Waals surface area (Å²) < 4.78 is 38.7. The fraction of sp³-hybridized carbons (Fsp3) is 0.158. The predicted molar refractivity (Wildman–Crippen MR) is 100 cm³/mol. The van der Waals surface area contributed by atoms with Gasteiger partial charge in [0.25, 0.3) is 0 Å². The van der Waals surface area contributed by atoms with Gasteiger partial charge in [0.05, 0.1) is 35.4 Å². The van der Waals surface area contributed by atoms with Crippen LogP contribution in [0.25, 0.3) is 16.8 Å². The van der Waals surface area contributed by atoms with Gasteiger partial charge < -0.3 is 5.32 Å². The van der Waals surface area contributed by atoms with Crippen molar-refractivity contribution in [3.63, 3.8) is 0 Å². The molecule has 0 saturated heterocycles. The molecule has 0 aliphatic carbocycles. The highest BCUT2D eigenvalue weighted by molar-refractivity contribution is 5.70. The summed E-state index contributed by atoms with van der Waals surface area (Å²) in [5.74, 6) is 0.195. The fourth-order valence-electron chi connectivity index (χ4n) is 2.52. The molecule has 2 N–H and O–H groups in total. The first-order valence-electron chi connectivity index (χ1n) is 8.35. The molecule has 0 unspecified atom stereocenters. The van der Waals surface area contributed by atoms with Gasteiger partial charge in [0.15, 0.2) is 0 Å². The van der Waals surface area contributed by atoms with Crippen LogP contribution in [0.2, 0.25) is 0 Å². The van der Waals surface area contributed by atoms with Gasteiger partial charge in [-0.1, -0.05) is 30.9 Å². The molecule has 0 bridgehead atoms. The first-order chi connectivity index (χ1) is 13.4. The normalized spacial score (nSPS) is 12.1. The summed E-state index contributed by atoms with van der Waals surface area (Å²) in [6.07, 6.45) is 0.495. The Morgan fingerprint density at radius 3 is 2.82 bits per heavy atom. The van der Waals surface area contributed by atoms with Gasteiger partial charge in [-0.15, -0.1) is 5.10 Å². The number of H-pyrrole nitrogens is 1. The molecule has 28 heavy (non-hydrogen) atoms. The highest BCUT2D eigenvalue weighted by atomic mass is 19.4. The minimum atomic E-state index is -4.42. The maximum atomic E-state index is 12.9. The number of benzene rings is 1. The zero-order valence-electron chi connectivity index (χ0n) is 15.0. The first kappa shape index (κ1) is 19.3. The van der Waals surface area contributed by atoms with Crippen LogP contribution in [-0.4, -0.2) is 25.4 Å². The summed E-state index contributed by atoms with van der Waals surface area (Å²) >= 11 is 0. The fourth-order valence-corrected chi connectivity index (χ4v) is 2.52. The largest absolute Gasteiger partial charge is 0.416 e. The Balaban J connectivity index is 1.75. The third-order valence-electron chi connectivity index (χ3n) is 3.94. The van der Waals surface area contributed by atoms with Crippen molar-refractivity contribution in [2.75, 3.05) is 5.32 Å². The van der Waals surface area contributed by atoms with Crippen LogP contribution in [0.5, 0.6) is 0 Å². The van der Waals surface area contributed by atoms with E-state index in [9.17, 15) is 13.2 Å². The van der Waals surface area contributed by atoms with Crippen molar-refractivity contribution in [3.8, 4) is 11.3 Å². The molecule has 1 aromatic carbocycles. The van der Waals surface area contributed by atoms with Crippen molar-refractivity contribution >= 4 is 11.5 Å². The van der Waals surface area contributed by atoms with E-state index in [1.54, 1.807) is 6.08 Å². The average Bonchev–Trinajstić information content (AvgIpc) is 3.16. The Kier molecular flexibility index (Phi) is 5.53. The second-order valence-electron chi connectivity index (χ2n) is 5.82. The molecule has 0 spiro atoms. The Labute approximate surface area is 159 Å². The molecule has 9 heteroatoms. The zero-order valence-corrected chi connectivity index (χ0v) is 15.0. The highest BCUT2D eigenvalue weighted by Gasteiger charge is 2.30. The second-order valence-corrected chi connectivity index (χ2v) is 5.82. The number of hydrogen-bond donors (Lipinski definition) is 2. The third kappa shape index (κ3) is 4.43.